The van der Waals surface area contributed by atoms with Crippen molar-refractivity contribution in [3.8, 4) is 0 Å². The van der Waals surface area contributed by atoms with Crippen molar-refractivity contribution in [2.75, 3.05) is 5.32 Å². The van der Waals surface area contributed by atoms with E-state index in [-0.39, 0.29) is 0 Å². The molecule has 2 aromatic heterocycles. The summed E-state index contributed by atoms with van der Waals surface area (Å²) < 4.78 is 1.95. The Bertz CT molecular complexity index is 498. The summed E-state index contributed by atoms with van der Waals surface area (Å²) in [4.78, 5) is 5.71. The second kappa shape index (κ2) is 4.87. The van der Waals surface area contributed by atoms with Gasteiger partial charge in [-0.15, -0.1) is 11.3 Å². The molecule has 0 fully saturated rings. The summed E-state index contributed by atoms with van der Waals surface area (Å²) in [7, 11) is 0. The fourth-order valence-corrected chi connectivity index (χ4v) is 2.51. The first-order chi connectivity index (χ1) is 8.06. The summed E-state index contributed by atoms with van der Waals surface area (Å²) in [6.07, 6.45) is 3.90. The third-order valence-electron chi connectivity index (χ3n) is 2.58. The van der Waals surface area contributed by atoms with E-state index in [1.165, 1.54) is 4.88 Å². The van der Waals surface area contributed by atoms with Crippen molar-refractivity contribution in [2.24, 2.45) is 0 Å². The van der Waals surface area contributed by atoms with Gasteiger partial charge in [0.1, 0.15) is 0 Å². The molecule has 0 bridgehead atoms. The third-order valence-corrected chi connectivity index (χ3v) is 3.66. The second-order valence-corrected chi connectivity index (χ2v) is 5.69. The number of nitrogens with one attached hydrogen (secondary N) is 1. The van der Waals surface area contributed by atoms with Gasteiger partial charge in [-0.3, -0.25) is 4.68 Å². The Kier molecular flexibility index (Phi) is 3.47. The first kappa shape index (κ1) is 12.1. The molecule has 0 amide bonds. The van der Waals surface area contributed by atoms with Crippen LogP contribution in [0.15, 0.2) is 12.4 Å². The number of rotatable bonds is 4. The van der Waals surface area contributed by atoms with E-state index in [4.69, 9.17) is 0 Å². The van der Waals surface area contributed by atoms with Gasteiger partial charge >= 0.3 is 0 Å². The maximum atomic E-state index is 4.41. The van der Waals surface area contributed by atoms with Crippen LogP contribution in [0.1, 0.15) is 35.5 Å². The van der Waals surface area contributed by atoms with Crippen LogP contribution in [0, 0.1) is 13.8 Å². The molecule has 4 nitrogen and oxygen atoms in total. The molecule has 0 radical (unpaired) electrons. The molecule has 0 spiro atoms. The highest BCUT2D eigenvalue weighted by Crippen LogP contribution is 2.19. The molecular weight excluding hydrogens is 232 g/mol. The molecule has 0 unspecified atom stereocenters. The lowest BCUT2D eigenvalue weighted by Crippen LogP contribution is -2.01. The van der Waals surface area contributed by atoms with Crippen molar-refractivity contribution in [1.82, 2.24) is 14.8 Å². The summed E-state index contributed by atoms with van der Waals surface area (Å²) in [6, 6.07) is 0.401. The number of hydrogen-bond acceptors (Lipinski definition) is 4. The molecule has 0 atom stereocenters. The minimum Gasteiger partial charge on any atom is -0.378 e. The zero-order valence-electron chi connectivity index (χ0n) is 10.7. The number of hydrogen-bond donors (Lipinski definition) is 1. The second-order valence-electron chi connectivity index (χ2n) is 4.40. The fraction of sp³-hybridized carbons (Fsp3) is 0.500. The van der Waals surface area contributed by atoms with E-state index in [1.807, 2.05) is 24.0 Å². The maximum absolute atomic E-state index is 4.41. The predicted octanol–water partition coefficient (Wildman–Crippen LogP) is 3.15. The van der Waals surface area contributed by atoms with E-state index in [2.05, 4.69) is 36.2 Å². The number of thiazole rings is 1. The minimum absolute atomic E-state index is 0.401. The number of anilines is 1. The van der Waals surface area contributed by atoms with Crippen LogP contribution in [0.5, 0.6) is 0 Å². The fourth-order valence-electron chi connectivity index (χ4n) is 1.63. The Morgan fingerprint density at radius 1 is 1.41 bits per heavy atom. The largest absolute Gasteiger partial charge is 0.378 e. The molecule has 2 rings (SSSR count). The summed E-state index contributed by atoms with van der Waals surface area (Å²) in [5.74, 6) is 0. The minimum atomic E-state index is 0.401. The van der Waals surface area contributed by atoms with Crippen molar-refractivity contribution in [2.45, 2.75) is 40.3 Å². The summed E-state index contributed by atoms with van der Waals surface area (Å²) in [5, 5.41) is 8.80. The molecule has 0 aromatic carbocycles. The predicted molar refractivity (Wildman–Crippen MR) is 71.5 cm³/mol. The zero-order valence-corrected chi connectivity index (χ0v) is 11.5. The van der Waals surface area contributed by atoms with E-state index in [0.717, 1.165) is 22.9 Å². The van der Waals surface area contributed by atoms with Gasteiger partial charge in [0.15, 0.2) is 0 Å². The van der Waals surface area contributed by atoms with Crippen molar-refractivity contribution >= 4 is 17.0 Å². The Morgan fingerprint density at radius 3 is 2.71 bits per heavy atom. The highest BCUT2D eigenvalue weighted by molar-refractivity contribution is 7.11. The molecule has 2 aromatic rings. The van der Waals surface area contributed by atoms with Gasteiger partial charge in [0.05, 0.1) is 29.1 Å². The standard InChI is InChI=1S/C12H18N4S/c1-8(2)16-7-11(5-14-16)13-6-12-9(3)15-10(4)17-12/h5,7-8,13H,6H2,1-4H3. The Balaban J connectivity index is 2.00. The van der Waals surface area contributed by atoms with E-state index in [9.17, 15) is 0 Å². The van der Waals surface area contributed by atoms with Gasteiger partial charge in [0.2, 0.25) is 0 Å². The molecule has 0 aliphatic heterocycles. The topological polar surface area (TPSA) is 42.7 Å². The molecule has 0 aliphatic rings. The summed E-state index contributed by atoms with van der Waals surface area (Å²) in [6.45, 7) is 9.15. The third kappa shape index (κ3) is 2.85. The highest BCUT2D eigenvalue weighted by atomic mass is 32.1. The monoisotopic (exact) mass is 250 g/mol. The van der Waals surface area contributed by atoms with Gasteiger partial charge in [-0.2, -0.15) is 5.10 Å². The lowest BCUT2D eigenvalue weighted by Gasteiger charge is -2.04. The lowest BCUT2D eigenvalue weighted by atomic mass is 10.4. The van der Waals surface area contributed by atoms with Crippen molar-refractivity contribution < 1.29 is 0 Å². The van der Waals surface area contributed by atoms with E-state index in [0.29, 0.717) is 6.04 Å². The summed E-state index contributed by atoms with van der Waals surface area (Å²) >= 11 is 1.75. The molecule has 92 valence electrons. The number of aryl methyl sites for hydroxylation is 2. The van der Waals surface area contributed by atoms with Crippen LogP contribution in [0.25, 0.3) is 0 Å². The average molecular weight is 250 g/mol. The number of aromatic nitrogens is 3. The quantitative estimate of drug-likeness (QED) is 0.906. The van der Waals surface area contributed by atoms with Crippen LogP contribution < -0.4 is 5.32 Å². The molecule has 1 N–H and O–H groups in total. The van der Waals surface area contributed by atoms with Gasteiger partial charge < -0.3 is 5.32 Å². The van der Waals surface area contributed by atoms with Gasteiger partial charge in [-0.25, -0.2) is 4.98 Å². The van der Waals surface area contributed by atoms with Gasteiger partial charge in [0, 0.05) is 17.1 Å². The Hall–Kier alpha value is -1.36. The first-order valence-electron chi connectivity index (χ1n) is 5.77. The lowest BCUT2D eigenvalue weighted by molar-refractivity contribution is 0.532. The number of nitrogens with zero attached hydrogens (tertiary/aromatic N) is 3. The van der Waals surface area contributed by atoms with Gasteiger partial charge in [-0.1, -0.05) is 0 Å². The Labute approximate surface area is 106 Å². The zero-order chi connectivity index (χ0) is 12.4. The van der Waals surface area contributed by atoms with Crippen LogP contribution in [0.3, 0.4) is 0 Å². The van der Waals surface area contributed by atoms with Crippen LogP contribution in [0.2, 0.25) is 0 Å². The van der Waals surface area contributed by atoms with Crippen LogP contribution in [0.4, 0.5) is 5.69 Å². The van der Waals surface area contributed by atoms with Gasteiger partial charge in [-0.05, 0) is 27.7 Å². The SMILES string of the molecule is Cc1nc(C)c(CNc2cnn(C(C)C)c2)s1. The van der Waals surface area contributed by atoms with Crippen molar-refractivity contribution in [3.05, 3.63) is 28.0 Å². The first-order valence-corrected chi connectivity index (χ1v) is 6.59. The van der Waals surface area contributed by atoms with Crippen molar-refractivity contribution in [1.29, 1.82) is 0 Å². The van der Waals surface area contributed by atoms with Crippen LogP contribution in [-0.2, 0) is 6.54 Å². The molecule has 0 aliphatic carbocycles. The van der Waals surface area contributed by atoms with E-state index >= 15 is 0 Å². The van der Waals surface area contributed by atoms with E-state index < -0.39 is 0 Å². The maximum Gasteiger partial charge on any atom is 0.0900 e. The smallest absolute Gasteiger partial charge is 0.0900 e. The van der Waals surface area contributed by atoms with Crippen molar-refractivity contribution in [3.63, 3.8) is 0 Å². The molecule has 5 heteroatoms. The van der Waals surface area contributed by atoms with Crippen LogP contribution >= 0.6 is 11.3 Å². The summed E-state index contributed by atoms with van der Waals surface area (Å²) in [5.41, 5.74) is 2.18. The normalized spacial score (nSPS) is 11.1. The van der Waals surface area contributed by atoms with E-state index in [1.54, 1.807) is 11.3 Å². The van der Waals surface area contributed by atoms with Crippen LogP contribution in [-0.4, -0.2) is 14.8 Å². The highest BCUT2D eigenvalue weighted by Gasteiger charge is 2.05. The molecule has 0 saturated carbocycles. The molecule has 2 heterocycles. The molecule has 17 heavy (non-hydrogen) atoms. The molecular formula is C12H18N4S. The average Bonchev–Trinajstić information content (AvgIpc) is 2.82. The van der Waals surface area contributed by atoms with Gasteiger partial charge in [0.25, 0.3) is 0 Å². The Morgan fingerprint density at radius 2 is 2.18 bits per heavy atom. The molecule has 0 saturated heterocycles.